The number of aliphatic hydroxyl groups is 1. The smallest absolute Gasteiger partial charge is 0.257 e. The van der Waals surface area contributed by atoms with E-state index in [0.717, 1.165) is 63.5 Å². The summed E-state index contributed by atoms with van der Waals surface area (Å²) >= 11 is 0. The highest BCUT2D eigenvalue weighted by molar-refractivity contribution is 5.87. The average molecular weight is 417 g/mol. The lowest BCUT2D eigenvalue weighted by Crippen LogP contribution is -2.54. The Morgan fingerprint density at radius 2 is 1.83 bits per heavy atom. The van der Waals surface area contributed by atoms with Gasteiger partial charge < -0.3 is 15.3 Å². The first-order valence-corrected chi connectivity index (χ1v) is 12.0. The molecule has 3 atom stereocenters. The van der Waals surface area contributed by atoms with Crippen LogP contribution < -0.4 is 5.32 Å². The standard InChI is InChI=1S/C25H37FN2O2/c1-18-10-11-19(16-18)17-28-14-12-21(13-15-28)27-24(29)25(30,20-6-2-3-7-20)22-8-4-5-9-23(22)26/h4-5,8-9,18-21,30H,2-3,6-7,10-17H2,1H3,(H,27,29). The summed E-state index contributed by atoms with van der Waals surface area (Å²) < 4.78 is 14.6. The Bertz CT molecular complexity index is 728. The van der Waals surface area contributed by atoms with Crippen molar-refractivity contribution in [3.8, 4) is 0 Å². The van der Waals surface area contributed by atoms with Gasteiger partial charge in [0.2, 0.25) is 0 Å². The summed E-state index contributed by atoms with van der Waals surface area (Å²) in [6.45, 7) is 5.49. The van der Waals surface area contributed by atoms with Crippen LogP contribution in [0.4, 0.5) is 4.39 Å². The highest BCUT2D eigenvalue weighted by Crippen LogP contribution is 2.42. The van der Waals surface area contributed by atoms with E-state index in [9.17, 15) is 14.3 Å². The minimum Gasteiger partial charge on any atom is -0.375 e. The van der Waals surface area contributed by atoms with Gasteiger partial charge in [-0.3, -0.25) is 4.79 Å². The summed E-state index contributed by atoms with van der Waals surface area (Å²) in [5.74, 6) is 0.544. The van der Waals surface area contributed by atoms with E-state index in [4.69, 9.17) is 0 Å². The van der Waals surface area contributed by atoms with Crippen molar-refractivity contribution in [2.45, 2.75) is 76.4 Å². The zero-order valence-electron chi connectivity index (χ0n) is 18.3. The third kappa shape index (κ3) is 4.57. The Morgan fingerprint density at radius 3 is 2.47 bits per heavy atom. The van der Waals surface area contributed by atoms with Crippen molar-refractivity contribution in [1.29, 1.82) is 0 Å². The van der Waals surface area contributed by atoms with Gasteiger partial charge in [0.05, 0.1) is 0 Å². The normalized spacial score (nSPS) is 28.5. The van der Waals surface area contributed by atoms with Crippen LogP contribution in [0.15, 0.2) is 24.3 Å². The SMILES string of the molecule is CC1CCC(CN2CCC(NC(=O)C(O)(c3ccccc3F)C3CCCC3)CC2)C1. The molecule has 3 fully saturated rings. The van der Waals surface area contributed by atoms with E-state index < -0.39 is 17.3 Å². The Kier molecular flexibility index (Phi) is 6.78. The molecule has 2 N–H and O–H groups in total. The van der Waals surface area contributed by atoms with Crippen LogP contribution in [0.2, 0.25) is 0 Å². The molecular formula is C25H37FN2O2. The first-order chi connectivity index (χ1) is 14.5. The number of piperidine rings is 1. The van der Waals surface area contributed by atoms with Gasteiger partial charge in [-0.1, -0.05) is 44.4 Å². The molecule has 5 heteroatoms. The quantitative estimate of drug-likeness (QED) is 0.730. The monoisotopic (exact) mass is 416 g/mol. The van der Waals surface area contributed by atoms with Gasteiger partial charge in [-0.25, -0.2) is 4.39 Å². The highest BCUT2D eigenvalue weighted by atomic mass is 19.1. The van der Waals surface area contributed by atoms with Crippen LogP contribution in [-0.4, -0.2) is 41.6 Å². The van der Waals surface area contributed by atoms with Crippen molar-refractivity contribution in [2.24, 2.45) is 17.8 Å². The van der Waals surface area contributed by atoms with Gasteiger partial charge in [0.1, 0.15) is 5.82 Å². The lowest BCUT2D eigenvalue weighted by atomic mass is 9.78. The predicted octanol–water partition coefficient (Wildman–Crippen LogP) is 4.22. The van der Waals surface area contributed by atoms with Crippen molar-refractivity contribution >= 4 is 5.91 Å². The topological polar surface area (TPSA) is 52.6 Å². The number of rotatable bonds is 6. The molecule has 1 amide bonds. The molecule has 1 aromatic rings. The molecule has 1 aliphatic heterocycles. The third-order valence-corrected chi connectivity index (χ3v) is 7.82. The summed E-state index contributed by atoms with van der Waals surface area (Å²) in [5.41, 5.74) is -1.65. The maximum Gasteiger partial charge on any atom is 0.257 e. The van der Waals surface area contributed by atoms with E-state index in [-0.39, 0.29) is 17.5 Å². The van der Waals surface area contributed by atoms with E-state index in [2.05, 4.69) is 17.1 Å². The van der Waals surface area contributed by atoms with Gasteiger partial charge in [-0.2, -0.15) is 0 Å². The van der Waals surface area contributed by atoms with Gasteiger partial charge >= 0.3 is 0 Å². The fraction of sp³-hybridized carbons (Fsp3) is 0.720. The number of hydrogen-bond donors (Lipinski definition) is 2. The van der Waals surface area contributed by atoms with E-state index in [1.165, 1.54) is 31.9 Å². The zero-order valence-corrected chi connectivity index (χ0v) is 18.3. The molecule has 4 nitrogen and oxygen atoms in total. The molecule has 2 aliphatic carbocycles. The van der Waals surface area contributed by atoms with E-state index in [1.54, 1.807) is 18.2 Å². The van der Waals surface area contributed by atoms with Crippen LogP contribution in [0, 0.1) is 23.6 Å². The second-order valence-corrected chi connectivity index (χ2v) is 10.1. The van der Waals surface area contributed by atoms with Crippen molar-refractivity contribution in [3.05, 3.63) is 35.6 Å². The van der Waals surface area contributed by atoms with Crippen LogP contribution in [0.25, 0.3) is 0 Å². The van der Waals surface area contributed by atoms with Crippen LogP contribution in [-0.2, 0) is 10.4 Å². The number of nitrogens with zero attached hydrogens (tertiary/aromatic N) is 1. The molecule has 0 aromatic heterocycles. The van der Waals surface area contributed by atoms with Crippen LogP contribution in [0.1, 0.15) is 70.3 Å². The molecule has 1 saturated heterocycles. The summed E-state index contributed by atoms with van der Waals surface area (Å²) in [5, 5.41) is 14.7. The second-order valence-electron chi connectivity index (χ2n) is 10.1. The van der Waals surface area contributed by atoms with E-state index in [1.807, 2.05) is 0 Å². The molecule has 3 unspecified atom stereocenters. The lowest BCUT2D eigenvalue weighted by molar-refractivity contribution is -0.149. The Balaban J connectivity index is 1.38. The number of hydrogen-bond acceptors (Lipinski definition) is 3. The molecule has 3 aliphatic rings. The molecule has 0 bridgehead atoms. The fourth-order valence-corrected chi connectivity index (χ4v) is 6.05. The molecular weight excluding hydrogens is 379 g/mol. The minimum absolute atomic E-state index is 0.0518. The molecule has 2 saturated carbocycles. The summed E-state index contributed by atoms with van der Waals surface area (Å²) in [6.07, 6.45) is 9.31. The molecule has 4 rings (SSSR count). The predicted molar refractivity (Wildman–Crippen MR) is 116 cm³/mol. The average Bonchev–Trinajstić information content (AvgIpc) is 3.41. The molecule has 0 radical (unpaired) electrons. The number of carbonyl (C=O) groups is 1. The Labute approximate surface area is 180 Å². The zero-order chi connectivity index (χ0) is 21.1. The molecule has 30 heavy (non-hydrogen) atoms. The Morgan fingerprint density at radius 1 is 1.13 bits per heavy atom. The molecule has 0 spiro atoms. The summed E-state index contributed by atoms with van der Waals surface area (Å²) in [4.78, 5) is 15.9. The second kappa shape index (κ2) is 9.35. The van der Waals surface area contributed by atoms with Gasteiger partial charge in [0.25, 0.3) is 5.91 Å². The molecule has 166 valence electrons. The molecule has 1 aromatic carbocycles. The number of amides is 1. The number of nitrogens with one attached hydrogen (secondary N) is 1. The number of benzene rings is 1. The van der Waals surface area contributed by atoms with E-state index in [0.29, 0.717) is 0 Å². The first kappa shape index (κ1) is 21.8. The fourth-order valence-electron chi connectivity index (χ4n) is 6.05. The van der Waals surface area contributed by atoms with Gasteiger partial charge in [0, 0.05) is 37.2 Å². The lowest BCUT2D eigenvalue weighted by Gasteiger charge is -2.38. The van der Waals surface area contributed by atoms with Gasteiger partial charge in [-0.05, 0) is 56.4 Å². The van der Waals surface area contributed by atoms with Crippen molar-refractivity contribution < 1.29 is 14.3 Å². The highest BCUT2D eigenvalue weighted by Gasteiger charge is 2.48. The third-order valence-electron chi connectivity index (χ3n) is 7.82. The van der Waals surface area contributed by atoms with Gasteiger partial charge in [-0.15, -0.1) is 0 Å². The molecule has 1 heterocycles. The van der Waals surface area contributed by atoms with Crippen molar-refractivity contribution in [3.63, 3.8) is 0 Å². The van der Waals surface area contributed by atoms with E-state index >= 15 is 0 Å². The van der Waals surface area contributed by atoms with Crippen molar-refractivity contribution in [1.82, 2.24) is 10.2 Å². The maximum absolute atomic E-state index is 14.6. The summed E-state index contributed by atoms with van der Waals surface area (Å²) in [6, 6.07) is 6.26. The number of likely N-dealkylation sites (tertiary alicyclic amines) is 1. The Hall–Kier alpha value is -1.46. The van der Waals surface area contributed by atoms with Gasteiger partial charge in [0.15, 0.2) is 5.60 Å². The number of carbonyl (C=O) groups excluding carboxylic acids is 1. The maximum atomic E-state index is 14.6. The van der Waals surface area contributed by atoms with Crippen molar-refractivity contribution in [2.75, 3.05) is 19.6 Å². The minimum atomic E-state index is -1.78. The van der Waals surface area contributed by atoms with Crippen LogP contribution in [0.3, 0.4) is 0 Å². The van der Waals surface area contributed by atoms with Crippen LogP contribution in [0.5, 0.6) is 0 Å². The largest absolute Gasteiger partial charge is 0.375 e. The first-order valence-electron chi connectivity index (χ1n) is 12.0. The summed E-state index contributed by atoms with van der Waals surface area (Å²) in [7, 11) is 0. The number of halogens is 1. The van der Waals surface area contributed by atoms with Crippen LogP contribution >= 0.6 is 0 Å².